The maximum atomic E-state index is 12.1. The Morgan fingerprint density at radius 3 is 2.94 bits per heavy atom. The predicted molar refractivity (Wildman–Crippen MR) is 57.4 cm³/mol. The average molecular weight is 222 g/mol. The second-order valence-corrected chi connectivity index (χ2v) is 3.48. The number of ether oxygens (including phenoxy) is 1. The minimum absolute atomic E-state index is 0.0965. The van der Waals surface area contributed by atoms with Crippen molar-refractivity contribution in [2.24, 2.45) is 0 Å². The molecule has 0 spiro atoms. The van der Waals surface area contributed by atoms with Gasteiger partial charge in [0.2, 0.25) is 0 Å². The SMILES string of the molecule is COc1cncnc1C(=O)N1CCNCC1. The van der Waals surface area contributed by atoms with E-state index in [1.54, 1.807) is 4.90 Å². The number of nitrogens with one attached hydrogen (secondary N) is 1. The van der Waals surface area contributed by atoms with Crippen LogP contribution in [0.1, 0.15) is 10.5 Å². The van der Waals surface area contributed by atoms with E-state index in [1.807, 2.05) is 0 Å². The molecule has 86 valence electrons. The first-order chi connectivity index (χ1) is 7.83. The van der Waals surface area contributed by atoms with E-state index in [-0.39, 0.29) is 5.91 Å². The van der Waals surface area contributed by atoms with Crippen LogP contribution in [0, 0.1) is 0 Å². The lowest BCUT2D eigenvalue weighted by molar-refractivity contribution is 0.0726. The Balaban J connectivity index is 2.19. The lowest BCUT2D eigenvalue weighted by atomic mass is 10.3. The van der Waals surface area contributed by atoms with Crippen molar-refractivity contribution in [2.75, 3.05) is 33.3 Å². The zero-order valence-electron chi connectivity index (χ0n) is 9.14. The number of hydrogen-bond acceptors (Lipinski definition) is 5. The first-order valence-electron chi connectivity index (χ1n) is 5.17. The molecule has 6 nitrogen and oxygen atoms in total. The quantitative estimate of drug-likeness (QED) is 0.732. The Morgan fingerprint density at radius 1 is 1.50 bits per heavy atom. The van der Waals surface area contributed by atoms with Gasteiger partial charge in [-0.15, -0.1) is 0 Å². The monoisotopic (exact) mass is 222 g/mol. The highest BCUT2D eigenvalue weighted by Gasteiger charge is 2.22. The average Bonchev–Trinajstić information content (AvgIpc) is 2.39. The van der Waals surface area contributed by atoms with Crippen molar-refractivity contribution in [1.82, 2.24) is 20.2 Å². The molecule has 1 aromatic rings. The highest BCUT2D eigenvalue weighted by Crippen LogP contribution is 2.15. The van der Waals surface area contributed by atoms with E-state index in [1.165, 1.54) is 19.6 Å². The van der Waals surface area contributed by atoms with E-state index >= 15 is 0 Å². The fraction of sp³-hybridized carbons (Fsp3) is 0.500. The molecule has 1 aliphatic heterocycles. The van der Waals surface area contributed by atoms with E-state index in [4.69, 9.17) is 4.74 Å². The van der Waals surface area contributed by atoms with E-state index in [0.29, 0.717) is 24.5 Å². The highest BCUT2D eigenvalue weighted by atomic mass is 16.5. The second-order valence-electron chi connectivity index (χ2n) is 3.48. The molecule has 2 rings (SSSR count). The van der Waals surface area contributed by atoms with Crippen LogP contribution in [-0.2, 0) is 0 Å². The summed E-state index contributed by atoms with van der Waals surface area (Å²) in [6, 6.07) is 0. The molecular formula is C10H14N4O2. The Bertz CT molecular complexity index is 377. The van der Waals surface area contributed by atoms with Gasteiger partial charge in [0.05, 0.1) is 13.3 Å². The summed E-state index contributed by atoms with van der Waals surface area (Å²) in [6.45, 7) is 3.04. The van der Waals surface area contributed by atoms with Gasteiger partial charge in [0.1, 0.15) is 6.33 Å². The topological polar surface area (TPSA) is 67.4 Å². The molecule has 0 unspecified atom stereocenters. The zero-order valence-corrected chi connectivity index (χ0v) is 9.14. The molecule has 0 radical (unpaired) electrons. The molecule has 0 aliphatic carbocycles. The summed E-state index contributed by atoms with van der Waals surface area (Å²) in [5, 5.41) is 3.19. The van der Waals surface area contributed by atoms with Crippen LogP contribution in [-0.4, -0.2) is 54.1 Å². The maximum absolute atomic E-state index is 12.1. The van der Waals surface area contributed by atoms with Crippen LogP contribution in [0.5, 0.6) is 5.75 Å². The van der Waals surface area contributed by atoms with E-state index in [0.717, 1.165) is 13.1 Å². The van der Waals surface area contributed by atoms with Gasteiger partial charge in [-0.1, -0.05) is 0 Å². The van der Waals surface area contributed by atoms with Crippen LogP contribution in [0.2, 0.25) is 0 Å². The summed E-state index contributed by atoms with van der Waals surface area (Å²) >= 11 is 0. The summed E-state index contributed by atoms with van der Waals surface area (Å²) in [5.74, 6) is 0.326. The van der Waals surface area contributed by atoms with Crippen molar-refractivity contribution in [2.45, 2.75) is 0 Å². The van der Waals surface area contributed by atoms with Gasteiger partial charge in [-0.25, -0.2) is 9.97 Å². The van der Waals surface area contributed by atoms with Crippen LogP contribution in [0.4, 0.5) is 0 Å². The number of piperazine rings is 1. The van der Waals surface area contributed by atoms with Gasteiger partial charge in [-0.3, -0.25) is 4.79 Å². The van der Waals surface area contributed by atoms with Gasteiger partial charge in [-0.05, 0) is 0 Å². The standard InChI is InChI=1S/C10H14N4O2/c1-16-8-6-12-7-13-9(8)10(15)14-4-2-11-3-5-14/h6-7,11H,2-5H2,1H3. The molecule has 1 aromatic heterocycles. The smallest absolute Gasteiger partial charge is 0.276 e. The predicted octanol–water partition coefficient (Wildman–Crippen LogP) is -0.469. The molecule has 0 saturated carbocycles. The minimum Gasteiger partial charge on any atom is -0.493 e. The first-order valence-corrected chi connectivity index (χ1v) is 5.17. The normalized spacial score (nSPS) is 15.9. The molecule has 0 atom stereocenters. The highest BCUT2D eigenvalue weighted by molar-refractivity contribution is 5.94. The third-order valence-corrected chi connectivity index (χ3v) is 2.51. The van der Waals surface area contributed by atoms with Gasteiger partial charge < -0.3 is 15.0 Å². The summed E-state index contributed by atoms with van der Waals surface area (Å²) < 4.78 is 5.07. The van der Waals surface area contributed by atoms with Crippen molar-refractivity contribution in [1.29, 1.82) is 0 Å². The van der Waals surface area contributed by atoms with Gasteiger partial charge in [0.15, 0.2) is 11.4 Å². The third-order valence-electron chi connectivity index (χ3n) is 2.51. The van der Waals surface area contributed by atoms with Crippen molar-refractivity contribution < 1.29 is 9.53 Å². The van der Waals surface area contributed by atoms with Crippen LogP contribution < -0.4 is 10.1 Å². The van der Waals surface area contributed by atoms with Crippen molar-refractivity contribution in [3.63, 3.8) is 0 Å². The number of carbonyl (C=O) groups is 1. The largest absolute Gasteiger partial charge is 0.493 e. The molecule has 1 aliphatic rings. The van der Waals surface area contributed by atoms with Crippen molar-refractivity contribution in [3.8, 4) is 5.75 Å². The Morgan fingerprint density at radius 2 is 2.25 bits per heavy atom. The number of nitrogens with zero attached hydrogens (tertiary/aromatic N) is 3. The zero-order chi connectivity index (χ0) is 11.4. The number of amides is 1. The summed E-state index contributed by atoms with van der Waals surface area (Å²) in [6.07, 6.45) is 2.86. The van der Waals surface area contributed by atoms with Gasteiger partial charge in [0, 0.05) is 26.2 Å². The molecule has 0 aromatic carbocycles. The molecule has 0 bridgehead atoms. The van der Waals surface area contributed by atoms with E-state index in [2.05, 4.69) is 15.3 Å². The first kappa shape index (κ1) is 10.8. The molecule has 16 heavy (non-hydrogen) atoms. The molecular weight excluding hydrogens is 208 g/mol. The second kappa shape index (κ2) is 4.89. The minimum atomic E-state index is -0.0965. The fourth-order valence-electron chi connectivity index (χ4n) is 1.64. The van der Waals surface area contributed by atoms with E-state index in [9.17, 15) is 4.79 Å². The number of hydrogen-bond donors (Lipinski definition) is 1. The Hall–Kier alpha value is -1.69. The number of rotatable bonds is 2. The van der Waals surface area contributed by atoms with Gasteiger partial charge >= 0.3 is 0 Å². The lowest BCUT2D eigenvalue weighted by Gasteiger charge is -2.27. The Kier molecular flexibility index (Phi) is 3.31. The van der Waals surface area contributed by atoms with Crippen LogP contribution in [0.3, 0.4) is 0 Å². The number of methoxy groups -OCH3 is 1. The van der Waals surface area contributed by atoms with Gasteiger partial charge in [-0.2, -0.15) is 0 Å². The molecule has 1 fully saturated rings. The lowest BCUT2D eigenvalue weighted by Crippen LogP contribution is -2.46. The van der Waals surface area contributed by atoms with Crippen LogP contribution >= 0.6 is 0 Å². The third kappa shape index (κ3) is 2.11. The summed E-state index contributed by atoms with van der Waals surface area (Å²) in [7, 11) is 1.51. The fourth-order valence-corrected chi connectivity index (χ4v) is 1.64. The summed E-state index contributed by atoms with van der Waals surface area (Å²) in [5.41, 5.74) is 0.333. The maximum Gasteiger partial charge on any atom is 0.276 e. The number of carbonyl (C=O) groups excluding carboxylic acids is 1. The molecule has 1 N–H and O–H groups in total. The van der Waals surface area contributed by atoms with Crippen molar-refractivity contribution >= 4 is 5.91 Å². The molecule has 1 amide bonds. The molecule has 2 heterocycles. The summed E-state index contributed by atoms with van der Waals surface area (Å²) in [4.78, 5) is 21.7. The van der Waals surface area contributed by atoms with Gasteiger partial charge in [0.25, 0.3) is 5.91 Å². The van der Waals surface area contributed by atoms with Crippen LogP contribution in [0.25, 0.3) is 0 Å². The number of aromatic nitrogens is 2. The Labute approximate surface area is 93.6 Å². The van der Waals surface area contributed by atoms with Crippen LogP contribution in [0.15, 0.2) is 12.5 Å². The van der Waals surface area contributed by atoms with Crippen molar-refractivity contribution in [3.05, 3.63) is 18.2 Å². The van der Waals surface area contributed by atoms with E-state index < -0.39 is 0 Å². The molecule has 6 heteroatoms. The molecule has 1 saturated heterocycles.